The predicted octanol–water partition coefficient (Wildman–Crippen LogP) is 3.83. The lowest BCUT2D eigenvalue weighted by Crippen LogP contribution is -2.55. The third kappa shape index (κ3) is 6.12. The van der Waals surface area contributed by atoms with Crippen molar-refractivity contribution in [3.8, 4) is 28.8 Å². The van der Waals surface area contributed by atoms with Crippen molar-refractivity contribution in [1.82, 2.24) is 34.9 Å². The van der Waals surface area contributed by atoms with Crippen molar-refractivity contribution in [2.75, 3.05) is 38.5 Å². The van der Waals surface area contributed by atoms with E-state index in [1.54, 1.807) is 39.9 Å². The summed E-state index contributed by atoms with van der Waals surface area (Å²) in [4.78, 5) is 37.8. The number of carbonyl (C=O) groups is 2. The number of hydrogen-bond donors (Lipinski definition) is 2. The van der Waals surface area contributed by atoms with E-state index < -0.39 is 17.3 Å². The van der Waals surface area contributed by atoms with E-state index in [4.69, 9.17) is 15.6 Å². The molecule has 0 bridgehead atoms. The molecule has 46 heavy (non-hydrogen) atoms. The van der Waals surface area contributed by atoms with Gasteiger partial charge in [0.15, 0.2) is 5.65 Å². The number of piperazine rings is 1. The van der Waals surface area contributed by atoms with Gasteiger partial charge in [-0.25, -0.2) is 19.0 Å². The Morgan fingerprint density at radius 3 is 2.72 bits per heavy atom. The lowest BCUT2D eigenvalue weighted by atomic mass is 9.96. The third-order valence-electron chi connectivity index (χ3n) is 8.42. The highest BCUT2D eigenvalue weighted by molar-refractivity contribution is 5.99. The molecule has 0 saturated carbocycles. The van der Waals surface area contributed by atoms with Gasteiger partial charge >= 0.3 is 0 Å². The molecule has 1 atom stereocenters. The van der Waals surface area contributed by atoms with Crippen LogP contribution in [0.3, 0.4) is 0 Å². The summed E-state index contributed by atoms with van der Waals surface area (Å²) in [5, 5.41) is 18.0. The first-order valence-electron chi connectivity index (χ1n) is 15.1. The number of amides is 2. The molecule has 236 valence electrons. The number of rotatable bonds is 7. The Bertz CT molecular complexity index is 1870. The number of fused-ring (bicyclic) bond motifs is 1. The first kappa shape index (κ1) is 30.7. The summed E-state index contributed by atoms with van der Waals surface area (Å²) in [6, 6.07) is 15.4. The normalized spacial score (nSPS) is 17.9. The summed E-state index contributed by atoms with van der Waals surface area (Å²) in [7, 11) is 0. The Kier molecular flexibility index (Phi) is 8.38. The van der Waals surface area contributed by atoms with Crippen LogP contribution in [-0.4, -0.2) is 79.6 Å². The number of nitriles is 1. The molecule has 6 rings (SSSR count). The van der Waals surface area contributed by atoms with Gasteiger partial charge in [0.05, 0.1) is 18.0 Å². The molecule has 2 aromatic heterocycles. The summed E-state index contributed by atoms with van der Waals surface area (Å²) in [5.41, 5.74) is 6.52. The second-order valence-electron chi connectivity index (χ2n) is 11.9. The molecule has 2 aliphatic heterocycles. The molecule has 12 nitrogen and oxygen atoms in total. The van der Waals surface area contributed by atoms with Crippen LogP contribution in [0, 0.1) is 17.1 Å². The number of piperidine rings is 1. The Hall–Kier alpha value is -5.35. The number of ether oxygens (including phenoxy) is 1. The maximum absolute atomic E-state index is 15.6. The van der Waals surface area contributed by atoms with Gasteiger partial charge in [-0.2, -0.15) is 10.4 Å². The Morgan fingerprint density at radius 2 is 1.98 bits per heavy atom. The molecule has 4 aromatic rings. The highest BCUT2D eigenvalue weighted by atomic mass is 19.1. The fourth-order valence-corrected chi connectivity index (χ4v) is 6.04. The number of nitrogens with zero attached hydrogens (tertiary/aromatic N) is 7. The van der Waals surface area contributed by atoms with Crippen LogP contribution in [0.15, 0.2) is 66.5 Å². The zero-order chi connectivity index (χ0) is 32.4. The molecule has 2 saturated heterocycles. The first-order valence-corrected chi connectivity index (χ1v) is 15.1. The molecule has 0 spiro atoms. The molecule has 4 heterocycles. The quantitative estimate of drug-likeness (QED) is 0.231. The zero-order valence-electron chi connectivity index (χ0n) is 25.6. The monoisotopic (exact) mass is 623 g/mol. The number of likely N-dealkylation sites (tertiary alicyclic amines) is 1. The number of nitrogens with two attached hydrogens (primary N) is 1. The molecular formula is C33H34FN9O3. The molecule has 2 amide bonds. The van der Waals surface area contributed by atoms with Crippen LogP contribution in [0.1, 0.15) is 32.7 Å². The van der Waals surface area contributed by atoms with E-state index in [1.807, 2.05) is 36.9 Å². The van der Waals surface area contributed by atoms with Crippen LogP contribution in [-0.2, 0) is 9.59 Å². The van der Waals surface area contributed by atoms with Crippen LogP contribution in [0.4, 0.5) is 10.2 Å². The van der Waals surface area contributed by atoms with E-state index in [0.717, 1.165) is 0 Å². The van der Waals surface area contributed by atoms with Gasteiger partial charge in [0.1, 0.15) is 46.8 Å². The minimum Gasteiger partial charge on any atom is -0.457 e. The van der Waals surface area contributed by atoms with Gasteiger partial charge in [-0.05, 0) is 57.0 Å². The van der Waals surface area contributed by atoms with Gasteiger partial charge < -0.3 is 20.7 Å². The van der Waals surface area contributed by atoms with Gasteiger partial charge in [-0.3, -0.25) is 14.5 Å². The van der Waals surface area contributed by atoms with Crippen molar-refractivity contribution in [2.24, 2.45) is 0 Å². The highest BCUT2D eigenvalue weighted by Crippen LogP contribution is 2.36. The van der Waals surface area contributed by atoms with Crippen molar-refractivity contribution in [1.29, 1.82) is 5.26 Å². The molecule has 3 N–H and O–H groups in total. The van der Waals surface area contributed by atoms with Crippen LogP contribution in [0.2, 0.25) is 0 Å². The first-order chi connectivity index (χ1) is 22.1. The molecule has 13 heteroatoms. The van der Waals surface area contributed by atoms with E-state index in [-0.39, 0.29) is 47.7 Å². The Morgan fingerprint density at radius 1 is 1.17 bits per heavy atom. The topological polar surface area (TPSA) is 155 Å². The van der Waals surface area contributed by atoms with Crippen LogP contribution in [0.5, 0.6) is 11.5 Å². The summed E-state index contributed by atoms with van der Waals surface area (Å²) in [6.07, 6.45) is 4.30. The van der Waals surface area contributed by atoms with Crippen molar-refractivity contribution in [2.45, 2.75) is 38.3 Å². The predicted molar refractivity (Wildman–Crippen MR) is 169 cm³/mol. The molecule has 2 fully saturated rings. The van der Waals surface area contributed by atoms with E-state index in [1.165, 1.54) is 12.4 Å². The second-order valence-corrected chi connectivity index (χ2v) is 11.9. The molecule has 2 aliphatic rings. The van der Waals surface area contributed by atoms with E-state index in [9.17, 15) is 14.9 Å². The molecule has 0 aliphatic carbocycles. The van der Waals surface area contributed by atoms with E-state index >= 15 is 4.39 Å². The third-order valence-corrected chi connectivity index (χ3v) is 8.42. The summed E-state index contributed by atoms with van der Waals surface area (Å²) >= 11 is 0. The summed E-state index contributed by atoms with van der Waals surface area (Å²) < 4.78 is 23.1. The minimum absolute atomic E-state index is 0.00842. The second kappa shape index (κ2) is 12.6. The standard InChI is InChI=1S/C33H34FN9O3/c1-33(2,42-14-12-37-27(44)19-42)16-21(17-35)32(45)41-13-6-7-22(18-41)43-31-28(30(36)38-20-39-31)29(40-43)25-11-10-24(15-26(25)34)46-23-8-4-3-5-9-23/h3-5,8-11,15-16,20,22H,6-7,12-14,18-19H2,1-2H3,(H,37,44)(H2,36,38,39)/b21-16-/t22-/m1/s1. The average Bonchev–Trinajstić information content (AvgIpc) is 3.45. The van der Waals surface area contributed by atoms with E-state index in [0.29, 0.717) is 55.0 Å². The fraction of sp³-hybridized carbons (Fsp3) is 0.333. The molecular weight excluding hydrogens is 589 g/mol. The maximum atomic E-state index is 15.6. The van der Waals surface area contributed by atoms with Crippen molar-refractivity contribution in [3.63, 3.8) is 0 Å². The average molecular weight is 624 g/mol. The molecule has 2 aromatic carbocycles. The highest BCUT2D eigenvalue weighted by Gasteiger charge is 2.34. The van der Waals surface area contributed by atoms with Crippen LogP contribution < -0.4 is 15.8 Å². The lowest BCUT2D eigenvalue weighted by Gasteiger charge is -2.39. The number of carbonyl (C=O) groups excluding carboxylic acids is 2. The molecule has 0 radical (unpaired) electrons. The number of benzene rings is 2. The SMILES string of the molecule is CC(C)(/C=C(/C#N)C(=O)N1CCC[C@@H](n2nc(-c3ccc(Oc4ccccc4)cc3F)c3c(N)ncnc32)C1)N1CCNC(=O)C1. The number of hydrogen-bond acceptors (Lipinski definition) is 9. The van der Waals surface area contributed by atoms with Gasteiger partial charge in [-0.1, -0.05) is 18.2 Å². The fourth-order valence-electron chi connectivity index (χ4n) is 6.04. The van der Waals surface area contributed by atoms with Crippen molar-refractivity contribution >= 4 is 28.7 Å². The zero-order valence-corrected chi connectivity index (χ0v) is 25.6. The number of aromatic nitrogens is 4. The smallest absolute Gasteiger partial charge is 0.264 e. The Balaban J connectivity index is 1.28. The summed E-state index contributed by atoms with van der Waals surface area (Å²) in [6.45, 7) is 5.79. The number of anilines is 1. The van der Waals surface area contributed by atoms with Crippen molar-refractivity contribution < 1.29 is 18.7 Å². The molecule has 0 unspecified atom stereocenters. The van der Waals surface area contributed by atoms with Crippen molar-refractivity contribution in [3.05, 3.63) is 72.3 Å². The number of nitrogens with one attached hydrogen (secondary N) is 1. The van der Waals surface area contributed by atoms with E-state index in [2.05, 4.69) is 21.4 Å². The number of para-hydroxylation sites is 1. The summed E-state index contributed by atoms with van der Waals surface area (Å²) in [5.74, 6) is 0.0180. The largest absolute Gasteiger partial charge is 0.457 e. The van der Waals surface area contributed by atoms with Gasteiger partial charge in [0.25, 0.3) is 5.91 Å². The number of nitrogen functional groups attached to an aromatic ring is 1. The van der Waals surface area contributed by atoms with Gasteiger partial charge in [-0.15, -0.1) is 0 Å². The van der Waals surface area contributed by atoms with Gasteiger partial charge in [0.2, 0.25) is 5.91 Å². The Labute approximate surface area is 265 Å². The van der Waals surface area contributed by atoms with Crippen LogP contribution in [0.25, 0.3) is 22.3 Å². The number of halogens is 1. The van der Waals surface area contributed by atoms with Crippen LogP contribution >= 0.6 is 0 Å². The van der Waals surface area contributed by atoms with Gasteiger partial charge in [0, 0.05) is 43.3 Å². The maximum Gasteiger partial charge on any atom is 0.264 e. The lowest BCUT2D eigenvalue weighted by molar-refractivity contribution is -0.128. The minimum atomic E-state index is -0.693.